The van der Waals surface area contributed by atoms with E-state index in [-0.39, 0.29) is 0 Å². The maximum absolute atomic E-state index is 9.92. The number of aliphatic hydroxyl groups excluding tert-OH is 1. The second kappa shape index (κ2) is 6.75. The maximum Gasteiger partial charge on any atom is 0.147 e. The molecule has 0 saturated carbocycles. The molecule has 0 aliphatic rings. The standard InChI is InChI=1S/C15H13Cl3O3/c1-8(19)15-12(20-2)4-3-5-13(15)21-14-7-10(17)9(16)6-11(14)18/h3-8,19H,1-2H3/t8-/m0/s1. The summed E-state index contributed by atoms with van der Waals surface area (Å²) in [5.41, 5.74) is 0.530. The minimum Gasteiger partial charge on any atom is -0.496 e. The zero-order valence-electron chi connectivity index (χ0n) is 11.4. The van der Waals surface area contributed by atoms with E-state index in [0.29, 0.717) is 37.9 Å². The van der Waals surface area contributed by atoms with Gasteiger partial charge >= 0.3 is 0 Å². The number of aliphatic hydroxyl groups is 1. The highest BCUT2D eigenvalue weighted by molar-refractivity contribution is 6.43. The van der Waals surface area contributed by atoms with E-state index in [1.807, 2.05) is 0 Å². The predicted molar refractivity (Wildman–Crippen MR) is 85.2 cm³/mol. The van der Waals surface area contributed by atoms with Crippen molar-refractivity contribution in [3.8, 4) is 17.2 Å². The van der Waals surface area contributed by atoms with Crippen LogP contribution in [0.3, 0.4) is 0 Å². The Morgan fingerprint density at radius 1 is 0.952 bits per heavy atom. The van der Waals surface area contributed by atoms with Crippen molar-refractivity contribution in [2.45, 2.75) is 13.0 Å². The molecule has 0 aliphatic carbocycles. The highest BCUT2D eigenvalue weighted by atomic mass is 35.5. The molecule has 2 rings (SSSR count). The molecule has 0 amide bonds. The summed E-state index contributed by atoms with van der Waals surface area (Å²) in [4.78, 5) is 0. The number of ether oxygens (including phenoxy) is 2. The lowest BCUT2D eigenvalue weighted by atomic mass is 10.1. The first-order chi connectivity index (χ1) is 9.93. The molecule has 6 heteroatoms. The van der Waals surface area contributed by atoms with Crippen LogP contribution in [0.25, 0.3) is 0 Å². The predicted octanol–water partition coefficient (Wildman–Crippen LogP) is 5.50. The van der Waals surface area contributed by atoms with E-state index in [4.69, 9.17) is 44.3 Å². The van der Waals surface area contributed by atoms with Crippen LogP contribution < -0.4 is 9.47 Å². The first kappa shape index (κ1) is 16.2. The number of hydrogen-bond acceptors (Lipinski definition) is 3. The van der Waals surface area contributed by atoms with Crippen molar-refractivity contribution in [1.82, 2.24) is 0 Å². The second-order valence-corrected chi connectivity index (χ2v) is 5.57. The largest absolute Gasteiger partial charge is 0.496 e. The van der Waals surface area contributed by atoms with Gasteiger partial charge in [-0.2, -0.15) is 0 Å². The minimum atomic E-state index is -0.766. The molecule has 3 nitrogen and oxygen atoms in total. The van der Waals surface area contributed by atoms with E-state index in [0.717, 1.165) is 0 Å². The minimum absolute atomic E-state index is 0.323. The Labute approximate surface area is 138 Å². The van der Waals surface area contributed by atoms with Crippen LogP contribution in [0.2, 0.25) is 15.1 Å². The van der Waals surface area contributed by atoms with Crippen LogP contribution >= 0.6 is 34.8 Å². The van der Waals surface area contributed by atoms with Gasteiger partial charge in [-0.1, -0.05) is 40.9 Å². The lowest BCUT2D eigenvalue weighted by Crippen LogP contribution is -2.00. The van der Waals surface area contributed by atoms with Gasteiger partial charge in [-0.15, -0.1) is 0 Å². The van der Waals surface area contributed by atoms with E-state index < -0.39 is 6.10 Å². The van der Waals surface area contributed by atoms with Crippen LogP contribution in [0.1, 0.15) is 18.6 Å². The van der Waals surface area contributed by atoms with Gasteiger partial charge in [-0.05, 0) is 25.1 Å². The molecule has 0 radical (unpaired) electrons. The van der Waals surface area contributed by atoms with Crippen LogP contribution in [-0.4, -0.2) is 12.2 Å². The lowest BCUT2D eigenvalue weighted by molar-refractivity contribution is 0.190. The number of rotatable bonds is 4. The zero-order valence-corrected chi connectivity index (χ0v) is 13.6. The Hall–Kier alpha value is -1.13. The number of halogens is 3. The molecule has 0 aliphatic heterocycles. The fourth-order valence-corrected chi connectivity index (χ4v) is 2.48. The van der Waals surface area contributed by atoms with E-state index in [9.17, 15) is 5.11 Å². The van der Waals surface area contributed by atoms with Crippen LogP contribution in [0.5, 0.6) is 17.2 Å². The van der Waals surface area contributed by atoms with E-state index >= 15 is 0 Å². The molecule has 0 unspecified atom stereocenters. The van der Waals surface area contributed by atoms with Gasteiger partial charge in [0.15, 0.2) is 0 Å². The van der Waals surface area contributed by atoms with Gasteiger partial charge in [0.2, 0.25) is 0 Å². The Bertz CT molecular complexity index is 657. The van der Waals surface area contributed by atoms with Crippen molar-refractivity contribution in [3.05, 3.63) is 51.0 Å². The monoisotopic (exact) mass is 346 g/mol. The normalized spacial score (nSPS) is 12.1. The molecule has 0 fully saturated rings. The van der Waals surface area contributed by atoms with Gasteiger partial charge in [-0.3, -0.25) is 0 Å². The van der Waals surface area contributed by atoms with Crippen molar-refractivity contribution in [3.63, 3.8) is 0 Å². The van der Waals surface area contributed by atoms with Crippen molar-refractivity contribution in [2.75, 3.05) is 7.11 Å². The van der Waals surface area contributed by atoms with E-state index in [1.165, 1.54) is 19.2 Å². The smallest absolute Gasteiger partial charge is 0.147 e. The Morgan fingerprint density at radius 2 is 1.57 bits per heavy atom. The SMILES string of the molecule is COc1cccc(Oc2cc(Cl)c(Cl)cc2Cl)c1[C@H](C)O. The van der Waals surface area contributed by atoms with Gasteiger partial charge in [0.1, 0.15) is 17.2 Å². The number of methoxy groups -OCH3 is 1. The molecule has 0 aromatic heterocycles. The lowest BCUT2D eigenvalue weighted by Gasteiger charge is -2.17. The third kappa shape index (κ3) is 3.55. The molecule has 112 valence electrons. The van der Waals surface area contributed by atoms with Crippen molar-refractivity contribution >= 4 is 34.8 Å². The molecule has 21 heavy (non-hydrogen) atoms. The summed E-state index contributed by atoms with van der Waals surface area (Å²) in [6, 6.07) is 8.24. The zero-order chi connectivity index (χ0) is 15.6. The summed E-state index contributed by atoms with van der Waals surface area (Å²) in [7, 11) is 1.52. The highest BCUT2D eigenvalue weighted by Crippen LogP contribution is 2.40. The first-order valence-electron chi connectivity index (χ1n) is 6.11. The number of hydrogen-bond donors (Lipinski definition) is 1. The molecule has 1 atom stereocenters. The third-order valence-corrected chi connectivity index (χ3v) is 3.88. The molecule has 0 bridgehead atoms. The van der Waals surface area contributed by atoms with Gasteiger partial charge in [-0.25, -0.2) is 0 Å². The van der Waals surface area contributed by atoms with Gasteiger partial charge in [0.05, 0.1) is 33.8 Å². The topological polar surface area (TPSA) is 38.7 Å². The van der Waals surface area contributed by atoms with Crippen molar-refractivity contribution < 1.29 is 14.6 Å². The summed E-state index contributed by atoms with van der Waals surface area (Å²) in [6.07, 6.45) is -0.766. The van der Waals surface area contributed by atoms with E-state index in [1.54, 1.807) is 25.1 Å². The quantitative estimate of drug-likeness (QED) is 0.742. The number of benzene rings is 2. The van der Waals surface area contributed by atoms with Crippen LogP contribution in [-0.2, 0) is 0 Å². The van der Waals surface area contributed by atoms with Crippen LogP contribution in [0.4, 0.5) is 0 Å². The van der Waals surface area contributed by atoms with Crippen molar-refractivity contribution in [2.24, 2.45) is 0 Å². The first-order valence-corrected chi connectivity index (χ1v) is 7.24. The molecule has 0 spiro atoms. The van der Waals surface area contributed by atoms with E-state index in [2.05, 4.69) is 0 Å². The Balaban J connectivity index is 2.47. The molecule has 2 aromatic carbocycles. The Morgan fingerprint density at radius 3 is 2.19 bits per heavy atom. The molecule has 0 saturated heterocycles. The fraction of sp³-hybridized carbons (Fsp3) is 0.200. The molecular weight excluding hydrogens is 335 g/mol. The molecule has 1 N–H and O–H groups in total. The Kier molecular flexibility index (Phi) is 5.22. The average molecular weight is 348 g/mol. The maximum atomic E-state index is 9.92. The average Bonchev–Trinajstić information content (AvgIpc) is 2.44. The van der Waals surface area contributed by atoms with Gasteiger partial charge in [0.25, 0.3) is 0 Å². The molecule has 0 heterocycles. The van der Waals surface area contributed by atoms with Crippen LogP contribution in [0.15, 0.2) is 30.3 Å². The van der Waals surface area contributed by atoms with Crippen molar-refractivity contribution in [1.29, 1.82) is 0 Å². The molecule has 2 aromatic rings. The van der Waals surface area contributed by atoms with Gasteiger partial charge < -0.3 is 14.6 Å². The summed E-state index contributed by atoms with van der Waals surface area (Å²) < 4.78 is 11.0. The summed E-state index contributed by atoms with van der Waals surface area (Å²) >= 11 is 17.9. The summed E-state index contributed by atoms with van der Waals surface area (Å²) in [5.74, 6) is 1.31. The van der Waals surface area contributed by atoms with Crippen LogP contribution in [0, 0.1) is 0 Å². The third-order valence-electron chi connectivity index (χ3n) is 2.86. The summed E-state index contributed by atoms with van der Waals surface area (Å²) in [6.45, 7) is 1.63. The second-order valence-electron chi connectivity index (χ2n) is 4.35. The summed E-state index contributed by atoms with van der Waals surface area (Å²) in [5, 5.41) is 10.9. The van der Waals surface area contributed by atoms with Gasteiger partial charge in [0, 0.05) is 6.07 Å². The highest BCUT2D eigenvalue weighted by Gasteiger charge is 2.17. The fourth-order valence-electron chi connectivity index (χ4n) is 1.90. The molecular formula is C15H13Cl3O3.